The van der Waals surface area contributed by atoms with Gasteiger partial charge < -0.3 is 25.0 Å². The molecule has 1 saturated heterocycles. The predicted molar refractivity (Wildman–Crippen MR) is 123 cm³/mol. The molecule has 1 unspecified atom stereocenters. The van der Waals surface area contributed by atoms with Crippen LogP contribution < -0.4 is 5.73 Å². The molecule has 0 bridgehead atoms. The minimum absolute atomic E-state index is 0.0672. The van der Waals surface area contributed by atoms with Gasteiger partial charge in [0.15, 0.2) is 5.78 Å². The van der Waals surface area contributed by atoms with Crippen molar-refractivity contribution in [3.05, 3.63) is 29.3 Å². The van der Waals surface area contributed by atoms with Crippen molar-refractivity contribution in [2.24, 2.45) is 0 Å². The Morgan fingerprint density at radius 3 is 2.53 bits per heavy atom. The maximum atomic E-state index is 12.7. The molecule has 9 heteroatoms. The van der Waals surface area contributed by atoms with Gasteiger partial charge >= 0.3 is 6.09 Å². The van der Waals surface area contributed by atoms with Crippen molar-refractivity contribution >= 4 is 23.5 Å². The minimum Gasteiger partial charge on any atom is -0.444 e. The Hall–Kier alpha value is -2.65. The van der Waals surface area contributed by atoms with Crippen molar-refractivity contribution < 1.29 is 23.9 Å². The number of nitrogen functional groups attached to an aromatic ring is 1. The standard InChI is InChI=1S/C23H36N4O5/c1-16-13-17(24)7-8-18(16)21(29)25(5)9-10-27-11-12-31-20(15-27)19(28)14-26(6)22(30)32-23(2,3)4/h7-8,13,20H,9-12,14-15,24H2,1-6H3. The third kappa shape index (κ3) is 7.49. The number of carbonyl (C=O) groups is 3. The van der Waals surface area contributed by atoms with Crippen LogP contribution in [0.1, 0.15) is 36.7 Å². The highest BCUT2D eigenvalue weighted by Gasteiger charge is 2.29. The number of nitrogens with two attached hydrogens (primary N) is 1. The summed E-state index contributed by atoms with van der Waals surface area (Å²) >= 11 is 0. The van der Waals surface area contributed by atoms with Gasteiger partial charge in [0, 0.05) is 51.5 Å². The van der Waals surface area contributed by atoms with Crippen LogP contribution in [0.5, 0.6) is 0 Å². The lowest BCUT2D eigenvalue weighted by atomic mass is 10.1. The van der Waals surface area contributed by atoms with Crippen LogP contribution in [0.25, 0.3) is 0 Å². The quantitative estimate of drug-likeness (QED) is 0.634. The number of hydrogen-bond donors (Lipinski definition) is 1. The van der Waals surface area contributed by atoms with Gasteiger partial charge in [-0.05, 0) is 51.5 Å². The zero-order chi connectivity index (χ0) is 24.1. The maximum Gasteiger partial charge on any atom is 0.410 e. The molecule has 1 aliphatic rings. The molecule has 0 saturated carbocycles. The van der Waals surface area contributed by atoms with E-state index in [0.29, 0.717) is 44.0 Å². The lowest BCUT2D eigenvalue weighted by Crippen LogP contribution is -2.50. The first-order valence-corrected chi connectivity index (χ1v) is 10.8. The summed E-state index contributed by atoms with van der Waals surface area (Å²) in [6, 6.07) is 5.25. The fourth-order valence-corrected chi connectivity index (χ4v) is 3.37. The van der Waals surface area contributed by atoms with Crippen LogP contribution in [-0.4, -0.2) is 97.6 Å². The van der Waals surface area contributed by atoms with E-state index in [1.54, 1.807) is 50.9 Å². The summed E-state index contributed by atoms with van der Waals surface area (Å²) in [4.78, 5) is 42.5. The summed E-state index contributed by atoms with van der Waals surface area (Å²) in [6.45, 7) is 9.76. The smallest absolute Gasteiger partial charge is 0.410 e. The number of carbonyl (C=O) groups excluding carboxylic acids is 3. The average Bonchev–Trinajstić information content (AvgIpc) is 2.70. The minimum atomic E-state index is -0.624. The Morgan fingerprint density at radius 2 is 1.91 bits per heavy atom. The second kappa shape index (κ2) is 10.8. The number of likely N-dealkylation sites (N-methyl/N-ethyl adjacent to an activating group) is 2. The van der Waals surface area contributed by atoms with Gasteiger partial charge in [0.2, 0.25) is 0 Å². The topological polar surface area (TPSA) is 105 Å². The fourth-order valence-electron chi connectivity index (χ4n) is 3.37. The van der Waals surface area contributed by atoms with Gasteiger partial charge in [-0.2, -0.15) is 0 Å². The number of anilines is 1. The molecule has 2 rings (SSSR count). The third-order valence-corrected chi connectivity index (χ3v) is 5.19. The third-order valence-electron chi connectivity index (χ3n) is 5.19. The highest BCUT2D eigenvalue weighted by molar-refractivity contribution is 5.95. The van der Waals surface area contributed by atoms with E-state index in [-0.39, 0.29) is 18.2 Å². The number of nitrogens with zero attached hydrogens (tertiary/aromatic N) is 3. The Bertz CT molecular complexity index is 836. The first kappa shape index (κ1) is 25.6. The van der Waals surface area contributed by atoms with Gasteiger partial charge in [-0.15, -0.1) is 0 Å². The second-order valence-corrected chi connectivity index (χ2v) is 9.26. The molecule has 0 aromatic heterocycles. The molecule has 32 heavy (non-hydrogen) atoms. The van der Waals surface area contributed by atoms with E-state index >= 15 is 0 Å². The van der Waals surface area contributed by atoms with Crippen LogP contribution in [0.4, 0.5) is 10.5 Å². The highest BCUT2D eigenvalue weighted by Crippen LogP contribution is 2.15. The van der Waals surface area contributed by atoms with Crippen LogP contribution >= 0.6 is 0 Å². The van der Waals surface area contributed by atoms with Crippen molar-refractivity contribution in [1.82, 2.24) is 14.7 Å². The van der Waals surface area contributed by atoms with Gasteiger partial charge in [-0.3, -0.25) is 14.5 Å². The van der Waals surface area contributed by atoms with Gasteiger partial charge in [0.1, 0.15) is 11.7 Å². The Kier molecular flexibility index (Phi) is 8.63. The van der Waals surface area contributed by atoms with Crippen LogP contribution in [0, 0.1) is 6.92 Å². The molecular formula is C23H36N4O5. The van der Waals surface area contributed by atoms with Crippen LogP contribution in [0.2, 0.25) is 0 Å². The summed E-state index contributed by atoms with van der Waals surface area (Å²) in [5, 5.41) is 0. The normalized spacial score (nSPS) is 17.0. The Labute approximate surface area is 190 Å². The largest absolute Gasteiger partial charge is 0.444 e. The molecule has 1 heterocycles. The summed E-state index contributed by atoms with van der Waals surface area (Å²) in [7, 11) is 3.29. The summed E-state index contributed by atoms with van der Waals surface area (Å²) in [5.74, 6) is -0.243. The number of rotatable bonds is 7. The monoisotopic (exact) mass is 448 g/mol. The number of hydrogen-bond acceptors (Lipinski definition) is 7. The molecule has 1 aliphatic heterocycles. The Morgan fingerprint density at radius 1 is 1.22 bits per heavy atom. The number of aryl methyl sites for hydroxylation is 1. The molecule has 2 N–H and O–H groups in total. The van der Waals surface area contributed by atoms with E-state index in [2.05, 4.69) is 4.90 Å². The lowest BCUT2D eigenvalue weighted by molar-refractivity contribution is -0.137. The summed E-state index contributed by atoms with van der Waals surface area (Å²) in [5.41, 5.74) is 7.24. The molecule has 2 amide bonds. The lowest BCUT2D eigenvalue weighted by Gasteiger charge is -2.34. The molecular weight excluding hydrogens is 412 g/mol. The summed E-state index contributed by atoms with van der Waals surface area (Å²) < 4.78 is 10.9. The number of benzene rings is 1. The zero-order valence-electron chi connectivity index (χ0n) is 20.0. The van der Waals surface area contributed by atoms with E-state index in [0.717, 1.165) is 5.56 Å². The number of ketones is 1. The summed E-state index contributed by atoms with van der Waals surface area (Å²) in [6.07, 6.45) is -1.16. The molecule has 1 aromatic rings. The van der Waals surface area contributed by atoms with Crippen molar-refractivity contribution in [3.8, 4) is 0 Å². The predicted octanol–water partition coefficient (Wildman–Crippen LogP) is 1.79. The van der Waals surface area contributed by atoms with Gasteiger partial charge in [-0.1, -0.05) is 0 Å². The molecule has 1 fully saturated rings. The van der Waals surface area contributed by atoms with E-state index in [1.165, 1.54) is 11.9 Å². The number of amides is 2. The van der Waals surface area contributed by atoms with Gasteiger partial charge in [0.05, 0.1) is 13.2 Å². The maximum absolute atomic E-state index is 12.7. The molecule has 1 atom stereocenters. The highest BCUT2D eigenvalue weighted by atomic mass is 16.6. The Balaban J connectivity index is 1.85. The van der Waals surface area contributed by atoms with Crippen LogP contribution in [0.15, 0.2) is 18.2 Å². The van der Waals surface area contributed by atoms with Crippen molar-refractivity contribution in [2.75, 3.05) is 59.2 Å². The van der Waals surface area contributed by atoms with Crippen molar-refractivity contribution in [3.63, 3.8) is 0 Å². The molecule has 9 nitrogen and oxygen atoms in total. The van der Waals surface area contributed by atoms with Crippen molar-refractivity contribution in [2.45, 2.75) is 39.4 Å². The molecule has 1 aromatic carbocycles. The number of morpholine rings is 1. The zero-order valence-corrected chi connectivity index (χ0v) is 20.0. The van der Waals surface area contributed by atoms with Gasteiger partial charge in [-0.25, -0.2) is 4.79 Å². The van der Waals surface area contributed by atoms with E-state index in [4.69, 9.17) is 15.2 Å². The van der Waals surface area contributed by atoms with Crippen LogP contribution in [0.3, 0.4) is 0 Å². The SMILES string of the molecule is Cc1cc(N)ccc1C(=O)N(C)CCN1CCOC(C(=O)CN(C)C(=O)OC(C)(C)C)C1. The molecule has 0 spiro atoms. The fraction of sp³-hybridized carbons (Fsp3) is 0.609. The molecule has 0 aliphatic carbocycles. The first-order valence-electron chi connectivity index (χ1n) is 10.8. The van der Waals surface area contributed by atoms with E-state index in [1.807, 2.05) is 6.92 Å². The van der Waals surface area contributed by atoms with E-state index in [9.17, 15) is 14.4 Å². The molecule has 178 valence electrons. The van der Waals surface area contributed by atoms with Crippen molar-refractivity contribution in [1.29, 1.82) is 0 Å². The number of ether oxygens (including phenoxy) is 2. The first-order chi connectivity index (χ1) is 14.9. The average molecular weight is 449 g/mol. The van der Waals surface area contributed by atoms with Gasteiger partial charge in [0.25, 0.3) is 5.91 Å². The van der Waals surface area contributed by atoms with Crippen LogP contribution in [-0.2, 0) is 14.3 Å². The van der Waals surface area contributed by atoms with E-state index < -0.39 is 17.8 Å². The number of Topliss-reactive ketones (excluding diaryl/α,β-unsaturated/α-hetero) is 1. The molecule has 0 radical (unpaired) electrons. The second-order valence-electron chi connectivity index (χ2n) is 9.26.